The maximum atomic E-state index is 11.9. The number of anilines is 3. The van der Waals surface area contributed by atoms with Crippen LogP contribution < -0.4 is 16.0 Å². The molecular formula is C17H18BrN3O2. The van der Waals surface area contributed by atoms with Crippen molar-refractivity contribution in [1.82, 2.24) is 0 Å². The first-order valence-electron chi connectivity index (χ1n) is 7.11. The number of benzene rings is 2. The van der Waals surface area contributed by atoms with Gasteiger partial charge in [0.05, 0.1) is 6.54 Å². The molecule has 3 N–H and O–H groups in total. The van der Waals surface area contributed by atoms with Gasteiger partial charge in [-0.05, 0) is 55.0 Å². The van der Waals surface area contributed by atoms with Crippen molar-refractivity contribution in [1.29, 1.82) is 0 Å². The summed E-state index contributed by atoms with van der Waals surface area (Å²) in [5.74, 6) is -0.270. The van der Waals surface area contributed by atoms with E-state index in [-0.39, 0.29) is 18.4 Å². The first kappa shape index (κ1) is 17.0. The zero-order valence-corrected chi connectivity index (χ0v) is 14.5. The number of carbonyl (C=O) groups is 2. The molecule has 0 bridgehead atoms. The van der Waals surface area contributed by atoms with E-state index in [1.807, 2.05) is 25.1 Å². The lowest BCUT2D eigenvalue weighted by Gasteiger charge is -2.10. The molecule has 23 heavy (non-hydrogen) atoms. The lowest BCUT2D eigenvalue weighted by molar-refractivity contribution is -0.115. The van der Waals surface area contributed by atoms with Gasteiger partial charge in [0.1, 0.15) is 0 Å². The molecule has 6 heteroatoms. The van der Waals surface area contributed by atoms with Crippen LogP contribution in [0.1, 0.15) is 12.5 Å². The number of hydrogen-bond donors (Lipinski definition) is 3. The van der Waals surface area contributed by atoms with Gasteiger partial charge in [-0.15, -0.1) is 0 Å². The Kier molecular flexibility index (Phi) is 5.76. The molecule has 0 aromatic heterocycles. The Bertz CT molecular complexity index is 714. The van der Waals surface area contributed by atoms with Gasteiger partial charge in [-0.2, -0.15) is 0 Å². The minimum absolute atomic E-state index is 0.129. The minimum atomic E-state index is -0.141. The molecule has 5 nitrogen and oxygen atoms in total. The van der Waals surface area contributed by atoms with Gasteiger partial charge in [-0.1, -0.05) is 15.9 Å². The number of hydrogen-bond acceptors (Lipinski definition) is 3. The average molecular weight is 376 g/mol. The molecule has 0 aliphatic heterocycles. The highest BCUT2D eigenvalue weighted by molar-refractivity contribution is 9.10. The number of nitrogens with one attached hydrogen (secondary N) is 3. The summed E-state index contributed by atoms with van der Waals surface area (Å²) in [4.78, 5) is 22.9. The molecule has 2 aromatic rings. The molecule has 0 fully saturated rings. The molecule has 0 unspecified atom stereocenters. The van der Waals surface area contributed by atoms with E-state index in [2.05, 4.69) is 31.9 Å². The van der Waals surface area contributed by atoms with Gasteiger partial charge in [0.15, 0.2) is 0 Å². The van der Waals surface area contributed by atoms with Crippen molar-refractivity contribution in [2.45, 2.75) is 13.8 Å². The standard InChI is InChI=1S/C17H18BrN3O2/c1-11-9-15(7-8-16(11)18)19-10-17(23)21-14-5-3-13(4-6-14)20-12(2)22/h3-9,19H,10H2,1-2H3,(H,20,22)(H,21,23). The Morgan fingerprint density at radius 2 is 1.52 bits per heavy atom. The third-order valence-electron chi connectivity index (χ3n) is 3.10. The fraction of sp³-hybridized carbons (Fsp3) is 0.176. The molecule has 2 amide bonds. The van der Waals surface area contributed by atoms with E-state index in [0.717, 1.165) is 15.7 Å². The van der Waals surface area contributed by atoms with Crippen molar-refractivity contribution in [2.75, 3.05) is 22.5 Å². The van der Waals surface area contributed by atoms with Gasteiger partial charge in [0.25, 0.3) is 0 Å². The third kappa shape index (κ3) is 5.41. The summed E-state index contributed by atoms with van der Waals surface area (Å²) >= 11 is 3.44. The Labute approximate surface area is 143 Å². The molecule has 0 saturated carbocycles. The highest BCUT2D eigenvalue weighted by atomic mass is 79.9. The highest BCUT2D eigenvalue weighted by Crippen LogP contribution is 2.20. The number of aryl methyl sites for hydroxylation is 1. The Balaban J connectivity index is 1.86. The molecule has 0 radical (unpaired) electrons. The van der Waals surface area contributed by atoms with Crippen LogP contribution in [0.2, 0.25) is 0 Å². The van der Waals surface area contributed by atoms with Crippen LogP contribution in [-0.2, 0) is 9.59 Å². The van der Waals surface area contributed by atoms with Gasteiger partial charge >= 0.3 is 0 Å². The summed E-state index contributed by atoms with van der Waals surface area (Å²) in [5.41, 5.74) is 3.36. The van der Waals surface area contributed by atoms with E-state index in [0.29, 0.717) is 11.4 Å². The summed E-state index contributed by atoms with van der Waals surface area (Å²) in [6.07, 6.45) is 0. The molecule has 0 spiro atoms. The van der Waals surface area contributed by atoms with Crippen LogP contribution >= 0.6 is 15.9 Å². The van der Waals surface area contributed by atoms with Crippen LogP contribution in [-0.4, -0.2) is 18.4 Å². The molecule has 2 rings (SSSR count). The van der Waals surface area contributed by atoms with Crippen molar-refractivity contribution in [3.8, 4) is 0 Å². The number of carbonyl (C=O) groups excluding carboxylic acids is 2. The summed E-state index contributed by atoms with van der Waals surface area (Å²) in [7, 11) is 0. The van der Waals surface area contributed by atoms with Crippen LogP contribution in [0.5, 0.6) is 0 Å². The second kappa shape index (κ2) is 7.78. The summed E-state index contributed by atoms with van der Waals surface area (Å²) in [6, 6.07) is 12.8. The lowest BCUT2D eigenvalue weighted by Crippen LogP contribution is -2.21. The Morgan fingerprint density at radius 1 is 0.957 bits per heavy atom. The quantitative estimate of drug-likeness (QED) is 0.744. The molecule has 0 saturated heterocycles. The minimum Gasteiger partial charge on any atom is -0.376 e. The second-order valence-electron chi connectivity index (χ2n) is 5.12. The molecule has 2 aromatic carbocycles. The predicted octanol–water partition coefficient (Wildman–Crippen LogP) is 3.77. The summed E-state index contributed by atoms with van der Waals surface area (Å²) < 4.78 is 1.03. The molecule has 0 heterocycles. The fourth-order valence-corrected chi connectivity index (χ4v) is 2.23. The van der Waals surface area contributed by atoms with Crippen molar-refractivity contribution in [3.05, 3.63) is 52.5 Å². The van der Waals surface area contributed by atoms with E-state index < -0.39 is 0 Å². The largest absolute Gasteiger partial charge is 0.376 e. The smallest absolute Gasteiger partial charge is 0.243 e. The van der Waals surface area contributed by atoms with Gasteiger partial charge in [0, 0.05) is 28.5 Å². The zero-order chi connectivity index (χ0) is 16.8. The summed E-state index contributed by atoms with van der Waals surface area (Å²) in [6.45, 7) is 3.62. The van der Waals surface area contributed by atoms with E-state index >= 15 is 0 Å². The van der Waals surface area contributed by atoms with Crippen molar-refractivity contribution < 1.29 is 9.59 Å². The maximum absolute atomic E-state index is 11.9. The van der Waals surface area contributed by atoms with Crippen LogP contribution in [0.4, 0.5) is 17.1 Å². The van der Waals surface area contributed by atoms with E-state index in [1.165, 1.54) is 6.92 Å². The number of halogens is 1. The molecular weight excluding hydrogens is 358 g/mol. The lowest BCUT2D eigenvalue weighted by atomic mass is 10.2. The van der Waals surface area contributed by atoms with Crippen LogP contribution in [0.15, 0.2) is 46.9 Å². The molecule has 0 aliphatic rings. The molecule has 120 valence electrons. The number of rotatable bonds is 5. The molecule has 0 aliphatic carbocycles. The monoisotopic (exact) mass is 375 g/mol. The normalized spacial score (nSPS) is 10.0. The SMILES string of the molecule is CC(=O)Nc1ccc(NC(=O)CNc2ccc(Br)c(C)c2)cc1. The maximum Gasteiger partial charge on any atom is 0.243 e. The fourth-order valence-electron chi connectivity index (χ4n) is 1.98. The molecule has 0 atom stereocenters. The van der Waals surface area contributed by atoms with Gasteiger partial charge < -0.3 is 16.0 Å². The average Bonchev–Trinajstić information content (AvgIpc) is 2.50. The van der Waals surface area contributed by atoms with E-state index in [1.54, 1.807) is 24.3 Å². The van der Waals surface area contributed by atoms with Crippen molar-refractivity contribution in [3.63, 3.8) is 0 Å². The zero-order valence-electron chi connectivity index (χ0n) is 12.9. The van der Waals surface area contributed by atoms with Gasteiger partial charge in [-0.3, -0.25) is 9.59 Å². The van der Waals surface area contributed by atoms with Crippen LogP contribution in [0.3, 0.4) is 0 Å². The van der Waals surface area contributed by atoms with E-state index in [4.69, 9.17) is 0 Å². The first-order valence-corrected chi connectivity index (χ1v) is 7.91. The third-order valence-corrected chi connectivity index (χ3v) is 3.99. The number of amides is 2. The first-order chi connectivity index (χ1) is 10.9. The van der Waals surface area contributed by atoms with Crippen molar-refractivity contribution >= 4 is 44.8 Å². The predicted molar refractivity (Wildman–Crippen MR) is 96.7 cm³/mol. The van der Waals surface area contributed by atoms with Gasteiger partial charge in [0.2, 0.25) is 11.8 Å². The Morgan fingerprint density at radius 3 is 2.09 bits per heavy atom. The topological polar surface area (TPSA) is 70.2 Å². The van der Waals surface area contributed by atoms with Crippen LogP contribution in [0.25, 0.3) is 0 Å². The van der Waals surface area contributed by atoms with Crippen LogP contribution in [0, 0.1) is 6.92 Å². The van der Waals surface area contributed by atoms with Gasteiger partial charge in [-0.25, -0.2) is 0 Å². The Hall–Kier alpha value is -2.34. The van der Waals surface area contributed by atoms with Crippen molar-refractivity contribution in [2.24, 2.45) is 0 Å². The highest BCUT2D eigenvalue weighted by Gasteiger charge is 2.04. The second-order valence-corrected chi connectivity index (χ2v) is 5.98. The van der Waals surface area contributed by atoms with E-state index in [9.17, 15) is 9.59 Å². The summed E-state index contributed by atoms with van der Waals surface area (Å²) in [5, 5.41) is 8.55.